The zero-order chi connectivity index (χ0) is 15.4. The van der Waals surface area contributed by atoms with Crippen molar-refractivity contribution in [2.75, 3.05) is 13.2 Å². The number of likely N-dealkylation sites (tertiary alicyclic amines) is 1. The molecule has 1 aromatic carbocycles. The molecule has 1 heterocycles. The van der Waals surface area contributed by atoms with Crippen molar-refractivity contribution in [3.63, 3.8) is 0 Å². The first-order chi connectivity index (χ1) is 10.0. The van der Waals surface area contributed by atoms with E-state index in [1.54, 1.807) is 6.92 Å². The van der Waals surface area contributed by atoms with Gasteiger partial charge in [0.2, 0.25) is 0 Å². The van der Waals surface area contributed by atoms with Crippen molar-refractivity contribution in [2.45, 2.75) is 32.4 Å². The standard InChI is InChI=1S/C14H17FN2O4/c1-2-21-14(18)13-4-3-5-16(13)9-10-6-11(15)8-12(7-10)17(19)20/h6-8,13H,2-5,9H2,1H3. The summed E-state index contributed by atoms with van der Waals surface area (Å²) in [4.78, 5) is 23.8. The molecule has 21 heavy (non-hydrogen) atoms. The lowest BCUT2D eigenvalue weighted by Gasteiger charge is -2.22. The second-order valence-corrected chi connectivity index (χ2v) is 4.96. The van der Waals surface area contributed by atoms with Gasteiger partial charge in [0.05, 0.1) is 17.6 Å². The van der Waals surface area contributed by atoms with Crippen LogP contribution in [0.25, 0.3) is 0 Å². The molecule has 0 bridgehead atoms. The highest BCUT2D eigenvalue weighted by Crippen LogP contribution is 2.23. The van der Waals surface area contributed by atoms with E-state index in [9.17, 15) is 19.3 Å². The average molecular weight is 296 g/mol. The summed E-state index contributed by atoms with van der Waals surface area (Å²) in [6.07, 6.45) is 1.54. The number of rotatable bonds is 5. The van der Waals surface area contributed by atoms with Crippen LogP contribution in [0.5, 0.6) is 0 Å². The summed E-state index contributed by atoms with van der Waals surface area (Å²) in [7, 11) is 0. The molecular weight excluding hydrogens is 279 g/mol. The molecule has 1 aromatic rings. The Hall–Kier alpha value is -2.02. The number of nitro benzene ring substituents is 1. The lowest BCUT2D eigenvalue weighted by atomic mass is 10.1. The van der Waals surface area contributed by atoms with E-state index in [4.69, 9.17) is 4.74 Å². The van der Waals surface area contributed by atoms with Gasteiger partial charge in [-0.3, -0.25) is 19.8 Å². The van der Waals surface area contributed by atoms with Crippen LogP contribution in [0, 0.1) is 15.9 Å². The molecule has 1 atom stereocenters. The summed E-state index contributed by atoms with van der Waals surface area (Å²) in [6.45, 7) is 3.04. The van der Waals surface area contributed by atoms with Crippen molar-refractivity contribution >= 4 is 11.7 Å². The first kappa shape index (κ1) is 15.4. The minimum absolute atomic E-state index is 0.281. The quantitative estimate of drug-likeness (QED) is 0.473. The largest absolute Gasteiger partial charge is 0.465 e. The smallest absolute Gasteiger partial charge is 0.323 e. The van der Waals surface area contributed by atoms with Gasteiger partial charge in [-0.05, 0) is 37.9 Å². The zero-order valence-electron chi connectivity index (χ0n) is 11.8. The van der Waals surface area contributed by atoms with Gasteiger partial charge in [0.25, 0.3) is 5.69 Å². The number of nitrogens with zero attached hydrogens (tertiary/aromatic N) is 2. The van der Waals surface area contributed by atoms with E-state index >= 15 is 0 Å². The summed E-state index contributed by atoms with van der Waals surface area (Å²) in [5.41, 5.74) is 0.204. The molecule has 1 aliphatic rings. The minimum atomic E-state index is -0.647. The number of ether oxygens (including phenoxy) is 1. The van der Waals surface area contributed by atoms with Crippen LogP contribution < -0.4 is 0 Å². The predicted octanol–water partition coefficient (Wildman–Crippen LogP) is 2.26. The van der Waals surface area contributed by atoms with Crippen LogP contribution >= 0.6 is 0 Å². The second-order valence-electron chi connectivity index (χ2n) is 4.96. The first-order valence-corrected chi connectivity index (χ1v) is 6.85. The van der Waals surface area contributed by atoms with Crippen LogP contribution in [0.4, 0.5) is 10.1 Å². The van der Waals surface area contributed by atoms with Crippen molar-refractivity contribution < 1.29 is 18.8 Å². The molecule has 1 aliphatic heterocycles. The van der Waals surface area contributed by atoms with Crippen molar-refractivity contribution in [2.24, 2.45) is 0 Å². The topological polar surface area (TPSA) is 72.7 Å². The van der Waals surface area contributed by atoms with Gasteiger partial charge < -0.3 is 4.74 Å². The van der Waals surface area contributed by atoms with Crippen LogP contribution in [0.15, 0.2) is 18.2 Å². The molecule has 7 heteroatoms. The molecule has 0 amide bonds. The molecule has 0 aliphatic carbocycles. The second kappa shape index (κ2) is 6.62. The number of carbonyl (C=O) groups is 1. The lowest BCUT2D eigenvalue weighted by Crippen LogP contribution is -2.36. The number of hydrogen-bond acceptors (Lipinski definition) is 5. The molecule has 0 spiro atoms. The third-order valence-corrected chi connectivity index (χ3v) is 3.46. The van der Waals surface area contributed by atoms with Crippen molar-refractivity contribution in [1.82, 2.24) is 4.90 Å². The van der Waals surface area contributed by atoms with Crippen LogP contribution in [-0.4, -0.2) is 35.0 Å². The normalized spacial score (nSPS) is 18.7. The number of nitro groups is 1. The summed E-state index contributed by atoms with van der Waals surface area (Å²) < 4.78 is 18.4. The van der Waals surface area contributed by atoms with Gasteiger partial charge in [-0.2, -0.15) is 0 Å². The summed E-state index contributed by atoms with van der Waals surface area (Å²) >= 11 is 0. The van der Waals surface area contributed by atoms with E-state index in [0.29, 0.717) is 31.7 Å². The van der Waals surface area contributed by atoms with Crippen LogP contribution in [0.1, 0.15) is 25.3 Å². The summed E-state index contributed by atoms with van der Waals surface area (Å²) in [5, 5.41) is 10.8. The van der Waals surface area contributed by atoms with Gasteiger partial charge in [-0.25, -0.2) is 4.39 Å². The maximum atomic E-state index is 13.4. The Bertz CT molecular complexity index is 550. The molecule has 1 unspecified atom stereocenters. The van der Waals surface area contributed by atoms with Crippen LogP contribution in [0.2, 0.25) is 0 Å². The fourth-order valence-electron chi connectivity index (χ4n) is 2.59. The monoisotopic (exact) mass is 296 g/mol. The molecule has 0 aromatic heterocycles. The molecular formula is C14H17FN2O4. The third kappa shape index (κ3) is 3.75. The van der Waals surface area contributed by atoms with E-state index in [-0.39, 0.29) is 17.7 Å². The van der Waals surface area contributed by atoms with Gasteiger partial charge in [0.15, 0.2) is 0 Å². The Kier molecular flexibility index (Phi) is 4.85. The Morgan fingerprint density at radius 2 is 2.29 bits per heavy atom. The van der Waals surface area contributed by atoms with Gasteiger partial charge >= 0.3 is 5.97 Å². The SMILES string of the molecule is CCOC(=O)C1CCCN1Cc1cc(F)cc([N+](=O)[O-])c1. The van der Waals surface area contributed by atoms with Gasteiger partial charge in [0.1, 0.15) is 11.9 Å². The van der Waals surface area contributed by atoms with Gasteiger partial charge in [0, 0.05) is 12.6 Å². The van der Waals surface area contributed by atoms with E-state index in [2.05, 4.69) is 0 Å². The zero-order valence-corrected chi connectivity index (χ0v) is 11.8. The third-order valence-electron chi connectivity index (χ3n) is 3.46. The van der Waals surface area contributed by atoms with Crippen molar-refractivity contribution in [1.29, 1.82) is 0 Å². The van der Waals surface area contributed by atoms with E-state index in [1.807, 2.05) is 4.90 Å². The predicted molar refractivity (Wildman–Crippen MR) is 73.1 cm³/mol. The molecule has 114 valence electrons. The number of hydrogen-bond donors (Lipinski definition) is 0. The molecule has 0 saturated carbocycles. The molecule has 2 rings (SSSR count). The van der Waals surface area contributed by atoms with E-state index < -0.39 is 10.7 Å². The number of esters is 1. The molecule has 1 fully saturated rings. The highest BCUT2D eigenvalue weighted by molar-refractivity contribution is 5.76. The number of non-ortho nitro benzene ring substituents is 1. The Balaban J connectivity index is 2.13. The molecule has 6 nitrogen and oxygen atoms in total. The van der Waals surface area contributed by atoms with Crippen molar-refractivity contribution in [3.05, 3.63) is 39.7 Å². The first-order valence-electron chi connectivity index (χ1n) is 6.85. The Morgan fingerprint density at radius 1 is 1.52 bits per heavy atom. The molecule has 1 saturated heterocycles. The van der Waals surface area contributed by atoms with E-state index in [0.717, 1.165) is 12.5 Å². The highest BCUT2D eigenvalue weighted by atomic mass is 19.1. The van der Waals surface area contributed by atoms with Crippen LogP contribution in [-0.2, 0) is 16.1 Å². The fourth-order valence-corrected chi connectivity index (χ4v) is 2.59. The highest BCUT2D eigenvalue weighted by Gasteiger charge is 2.31. The van der Waals surface area contributed by atoms with Crippen molar-refractivity contribution in [3.8, 4) is 0 Å². The minimum Gasteiger partial charge on any atom is -0.465 e. The molecule has 0 N–H and O–H groups in total. The number of halogens is 1. The average Bonchev–Trinajstić information content (AvgIpc) is 2.86. The maximum Gasteiger partial charge on any atom is 0.323 e. The summed E-state index contributed by atoms with van der Waals surface area (Å²) in [5.74, 6) is -0.938. The number of carbonyl (C=O) groups excluding carboxylic acids is 1. The van der Waals surface area contributed by atoms with Gasteiger partial charge in [-0.15, -0.1) is 0 Å². The van der Waals surface area contributed by atoms with Crippen LogP contribution in [0.3, 0.4) is 0 Å². The Labute approximate surface area is 121 Å². The number of benzene rings is 1. The maximum absolute atomic E-state index is 13.4. The van der Waals surface area contributed by atoms with Gasteiger partial charge in [-0.1, -0.05) is 0 Å². The lowest BCUT2D eigenvalue weighted by molar-refractivity contribution is -0.385. The van der Waals surface area contributed by atoms with E-state index in [1.165, 1.54) is 12.1 Å². The molecule has 0 radical (unpaired) electrons. The summed E-state index contributed by atoms with van der Waals surface area (Å²) in [6, 6.07) is 3.13. The Morgan fingerprint density at radius 3 is 2.95 bits per heavy atom. The fraction of sp³-hybridized carbons (Fsp3) is 0.500.